The first-order chi connectivity index (χ1) is 16.7. The molecule has 3 unspecified atom stereocenters. The average molecular weight is 474 g/mol. The number of aromatic nitrogens is 1. The van der Waals surface area contributed by atoms with Crippen molar-refractivity contribution in [2.75, 3.05) is 0 Å². The smallest absolute Gasteiger partial charge is 0.0302 e. The molecule has 0 aliphatic heterocycles. The number of nitrogens with zero attached hydrogens (tertiary/aromatic N) is 1. The number of hydrogen-bond acceptors (Lipinski definition) is 1. The number of hydrogen-bond donors (Lipinski definition) is 0. The molecule has 1 aromatic carbocycles. The zero-order chi connectivity index (χ0) is 25.5. The van der Waals surface area contributed by atoms with Crippen molar-refractivity contribution in [3.63, 3.8) is 0 Å². The molecule has 1 aliphatic carbocycles. The van der Waals surface area contributed by atoms with E-state index in [0.717, 1.165) is 18.8 Å². The number of pyridine rings is 1. The van der Waals surface area contributed by atoms with E-state index >= 15 is 0 Å². The van der Waals surface area contributed by atoms with Crippen LogP contribution in [0, 0.1) is 11.3 Å². The molecule has 1 aliphatic rings. The van der Waals surface area contributed by atoms with Crippen LogP contribution in [0.25, 0.3) is 5.57 Å². The Morgan fingerprint density at radius 2 is 1.86 bits per heavy atom. The lowest BCUT2D eigenvalue weighted by Gasteiger charge is -2.45. The summed E-state index contributed by atoms with van der Waals surface area (Å²) in [7, 11) is 0. The molecule has 1 heteroatoms. The molecule has 192 valence electrons. The lowest BCUT2D eigenvalue weighted by Crippen LogP contribution is -2.33. The van der Waals surface area contributed by atoms with E-state index in [2.05, 4.69) is 89.6 Å². The maximum Gasteiger partial charge on any atom is 0.0302 e. The highest BCUT2D eigenvalue weighted by Crippen LogP contribution is 2.53. The molecule has 1 aromatic heterocycles. The van der Waals surface area contributed by atoms with Gasteiger partial charge in [0.2, 0.25) is 0 Å². The van der Waals surface area contributed by atoms with Crippen molar-refractivity contribution in [3.05, 3.63) is 71.6 Å². The van der Waals surface area contributed by atoms with Crippen LogP contribution in [0.5, 0.6) is 0 Å². The van der Waals surface area contributed by atoms with E-state index < -0.39 is 0 Å². The van der Waals surface area contributed by atoms with Crippen molar-refractivity contribution in [2.24, 2.45) is 11.3 Å². The second-order valence-corrected chi connectivity index (χ2v) is 12.5. The standard InChI is InChI=1S/C34H51N/c1-8-13-27-21-31(30-15-12-20-35-25-30)24-34(23-27,18-9-2)19-11-14-26(4)29-16-17-32(33(5,6)7)28(10-3)22-29/h12,15-17,20,22,25,27,31H,4,8-11,13-14,18-19,21,23-24H2,1-3,5-7H3. The third-order valence-corrected chi connectivity index (χ3v) is 8.54. The third-order valence-electron chi connectivity index (χ3n) is 8.54. The Labute approximate surface area is 216 Å². The van der Waals surface area contributed by atoms with Crippen LogP contribution >= 0.6 is 0 Å². The molecule has 1 heterocycles. The second kappa shape index (κ2) is 12.4. The molecule has 2 aromatic rings. The second-order valence-electron chi connectivity index (χ2n) is 12.5. The van der Waals surface area contributed by atoms with E-state index in [1.807, 2.05) is 6.20 Å². The summed E-state index contributed by atoms with van der Waals surface area (Å²) in [6, 6.07) is 11.5. The van der Waals surface area contributed by atoms with Crippen LogP contribution in [0.1, 0.15) is 134 Å². The Morgan fingerprint density at radius 1 is 1.06 bits per heavy atom. The minimum Gasteiger partial charge on any atom is -0.264 e. The van der Waals surface area contributed by atoms with Crippen LogP contribution in [0.4, 0.5) is 0 Å². The van der Waals surface area contributed by atoms with Gasteiger partial charge in [0, 0.05) is 12.4 Å². The maximum absolute atomic E-state index is 4.54. The fourth-order valence-corrected chi connectivity index (χ4v) is 7.01. The van der Waals surface area contributed by atoms with Crippen LogP contribution < -0.4 is 0 Å². The average Bonchev–Trinajstić information content (AvgIpc) is 2.83. The highest BCUT2D eigenvalue weighted by Gasteiger charge is 2.39. The van der Waals surface area contributed by atoms with Crippen molar-refractivity contribution in [3.8, 4) is 0 Å². The molecule has 0 N–H and O–H groups in total. The maximum atomic E-state index is 4.54. The normalized spacial score (nSPS) is 22.8. The number of allylic oxidation sites excluding steroid dienone is 1. The Hall–Kier alpha value is -1.89. The minimum atomic E-state index is 0.193. The topological polar surface area (TPSA) is 12.9 Å². The molecule has 1 saturated carbocycles. The molecule has 0 radical (unpaired) electrons. The summed E-state index contributed by atoms with van der Waals surface area (Å²) in [5.41, 5.74) is 7.74. The molecule has 0 amide bonds. The molecule has 0 bridgehead atoms. The van der Waals surface area contributed by atoms with Gasteiger partial charge >= 0.3 is 0 Å². The van der Waals surface area contributed by atoms with Gasteiger partial charge in [-0.3, -0.25) is 4.98 Å². The zero-order valence-electron chi connectivity index (χ0n) is 23.6. The van der Waals surface area contributed by atoms with Crippen molar-refractivity contribution in [2.45, 2.75) is 124 Å². The third kappa shape index (κ3) is 7.31. The molecule has 0 saturated heterocycles. The van der Waals surface area contributed by atoms with Crippen molar-refractivity contribution in [1.29, 1.82) is 0 Å². The van der Waals surface area contributed by atoms with Gasteiger partial charge in [0.15, 0.2) is 0 Å². The molecule has 35 heavy (non-hydrogen) atoms. The van der Waals surface area contributed by atoms with Gasteiger partial charge in [-0.05, 0) is 108 Å². The van der Waals surface area contributed by atoms with Gasteiger partial charge in [0.1, 0.15) is 0 Å². The van der Waals surface area contributed by atoms with Gasteiger partial charge in [-0.25, -0.2) is 0 Å². The van der Waals surface area contributed by atoms with Crippen LogP contribution in [0.2, 0.25) is 0 Å². The summed E-state index contributed by atoms with van der Waals surface area (Å²) in [5, 5.41) is 0. The molecular formula is C34H51N. The SMILES string of the molecule is C=C(CCCC1(CCC)CC(CCC)CC(c2cccnc2)C1)c1ccc(C(C)(C)C)c(CC)c1. The predicted molar refractivity (Wildman–Crippen MR) is 154 cm³/mol. The van der Waals surface area contributed by atoms with Crippen molar-refractivity contribution >= 4 is 5.57 Å². The minimum absolute atomic E-state index is 0.193. The van der Waals surface area contributed by atoms with Crippen molar-refractivity contribution in [1.82, 2.24) is 4.98 Å². The predicted octanol–water partition coefficient (Wildman–Crippen LogP) is 10.3. The fraction of sp³-hybridized carbons (Fsp3) is 0.618. The van der Waals surface area contributed by atoms with Gasteiger partial charge in [-0.1, -0.05) is 91.6 Å². The van der Waals surface area contributed by atoms with E-state index in [1.165, 1.54) is 85.6 Å². The number of rotatable bonds is 11. The summed E-state index contributed by atoms with van der Waals surface area (Å²) in [6.07, 6.45) is 18.2. The lowest BCUT2D eigenvalue weighted by atomic mass is 9.60. The monoisotopic (exact) mass is 473 g/mol. The Morgan fingerprint density at radius 3 is 2.49 bits per heavy atom. The van der Waals surface area contributed by atoms with Crippen LogP contribution in [-0.2, 0) is 11.8 Å². The Bertz CT molecular complexity index is 935. The van der Waals surface area contributed by atoms with Gasteiger partial charge in [0.05, 0.1) is 0 Å². The number of aryl methyl sites for hydroxylation is 1. The first-order valence-corrected chi connectivity index (χ1v) is 14.4. The van der Waals surface area contributed by atoms with E-state index in [-0.39, 0.29) is 5.41 Å². The highest BCUT2D eigenvalue weighted by atomic mass is 14.6. The highest BCUT2D eigenvalue weighted by molar-refractivity contribution is 5.64. The molecule has 3 rings (SSSR count). The summed E-state index contributed by atoms with van der Waals surface area (Å²) in [5.74, 6) is 1.52. The van der Waals surface area contributed by atoms with E-state index in [0.29, 0.717) is 11.3 Å². The van der Waals surface area contributed by atoms with Gasteiger partial charge in [-0.2, -0.15) is 0 Å². The van der Waals surface area contributed by atoms with Crippen LogP contribution in [-0.4, -0.2) is 4.98 Å². The van der Waals surface area contributed by atoms with Crippen LogP contribution in [0.3, 0.4) is 0 Å². The summed E-state index contributed by atoms with van der Waals surface area (Å²) in [4.78, 5) is 4.47. The lowest BCUT2D eigenvalue weighted by molar-refractivity contribution is 0.0893. The molecule has 3 atom stereocenters. The van der Waals surface area contributed by atoms with Gasteiger partial charge in [0.25, 0.3) is 0 Å². The van der Waals surface area contributed by atoms with E-state index in [4.69, 9.17) is 0 Å². The quantitative estimate of drug-likeness (QED) is 0.316. The largest absolute Gasteiger partial charge is 0.264 e. The first-order valence-electron chi connectivity index (χ1n) is 14.4. The van der Waals surface area contributed by atoms with Crippen LogP contribution in [0.15, 0.2) is 49.3 Å². The van der Waals surface area contributed by atoms with Gasteiger partial charge in [-0.15, -0.1) is 0 Å². The summed E-state index contributed by atoms with van der Waals surface area (Å²) < 4.78 is 0. The van der Waals surface area contributed by atoms with Gasteiger partial charge < -0.3 is 0 Å². The Balaban J connectivity index is 1.72. The Kier molecular flexibility index (Phi) is 9.79. The molecule has 1 fully saturated rings. The van der Waals surface area contributed by atoms with E-state index in [1.54, 1.807) is 0 Å². The summed E-state index contributed by atoms with van der Waals surface area (Å²) in [6.45, 7) is 18.5. The molecular weight excluding hydrogens is 422 g/mol. The molecule has 0 spiro atoms. The zero-order valence-corrected chi connectivity index (χ0v) is 23.6. The van der Waals surface area contributed by atoms with E-state index in [9.17, 15) is 0 Å². The first kappa shape index (κ1) is 27.7. The number of benzene rings is 1. The molecule has 1 nitrogen and oxygen atoms in total. The summed E-state index contributed by atoms with van der Waals surface area (Å²) >= 11 is 0. The fourth-order valence-electron chi connectivity index (χ4n) is 7.01. The van der Waals surface area contributed by atoms with Crippen molar-refractivity contribution < 1.29 is 0 Å².